The number of carbonyl (C=O) groups excluding carboxylic acids is 3. The van der Waals surface area contributed by atoms with Gasteiger partial charge < -0.3 is 0 Å². The summed E-state index contributed by atoms with van der Waals surface area (Å²) in [5.41, 5.74) is -0.0623. The van der Waals surface area contributed by atoms with Gasteiger partial charge in [0.15, 0.2) is 5.78 Å². The summed E-state index contributed by atoms with van der Waals surface area (Å²) in [4.78, 5) is 36.0. The van der Waals surface area contributed by atoms with E-state index in [2.05, 4.69) is 27.7 Å². The zero-order chi connectivity index (χ0) is 14.6. The molecule has 19 heavy (non-hydrogen) atoms. The second-order valence-electron chi connectivity index (χ2n) is 6.69. The van der Waals surface area contributed by atoms with E-state index in [1.807, 2.05) is 0 Å². The molecule has 0 atom stereocenters. The number of ketones is 1. The van der Waals surface area contributed by atoms with Crippen LogP contribution in [0, 0.1) is 11.3 Å². The molecule has 4 nitrogen and oxygen atoms in total. The summed E-state index contributed by atoms with van der Waals surface area (Å²) in [6.45, 7) is 8.43. The number of Topliss-reactive ketones (excluding diaryl/α,β-unsaturated/α-hetero) is 1. The number of hydrogen-bond donors (Lipinski definition) is 0. The van der Waals surface area contributed by atoms with E-state index >= 15 is 0 Å². The summed E-state index contributed by atoms with van der Waals surface area (Å²) in [7, 11) is 0. The van der Waals surface area contributed by atoms with E-state index in [-0.39, 0.29) is 42.4 Å². The van der Waals surface area contributed by atoms with Gasteiger partial charge in [-0.25, -0.2) is 0 Å². The lowest BCUT2D eigenvalue weighted by atomic mass is 9.81. The van der Waals surface area contributed by atoms with Crippen molar-refractivity contribution in [3.63, 3.8) is 0 Å². The number of nitrogens with zero attached hydrogens (tertiary/aromatic N) is 1. The van der Waals surface area contributed by atoms with Gasteiger partial charge in [-0.2, -0.15) is 0 Å². The third kappa shape index (κ3) is 5.13. The minimum Gasteiger partial charge on any atom is -0.298 e. The molecule has 0 aromatic carbocycles. The van der Waals surface area contributed by atoms with Crippen molar-refractivity contribution in [1.82, 2.24) is 4.90 Å². The maximum atomic E-state index is 12.0. The minimum absolute atomic E-state index is 0.0163. The molecular formula is C15H25NO3. The molecule has 0 saturated carbocycles. The topological polar surface area (TPSA) is 54.5 Å². The first kappa shape index (κ1) is 15.9. The predicted octanol–water partition coefficient (Wildman–Crippen LogP) is 2.56. The first-order chi connectivity index (χ1) is 8.71. The fraction of sp³-hybridized carbons (Fsp3) is 0.800. The lowest BCUT2D eigenvalue weighted by Gasteiger charge is -2.25. The molecule has 1 fully saturated rings. The molecule has 0 N–H and O–H groups in total. The molecule has 1 heterocycles. The Balaban J connectivity index is 2.46. The van der Waals surface area contributed by atoms with Gasteiger partial charge in [-0.05, 0) is 17.8 Å². The van der Waals surface area contributed by atoms with E-state index in [4.69, 9.17) is 0 Å². The molecule has 0 aliphatic carbocycles. The molecule has 1 rings (SSSR count). The number of amides is 2. The normalized spacial score (nSPS) is 16.6. The van der Waals surface area contributed by atoms with Gasteiger partial charge >= 0.3 is 0 Å². The SMILES string of the molecule is CC(C)CCC(C)(C)CC(=O)CN1C(=O)CCC1=O. The summed E-state index contributed by atoms with van der Waals surface area (Å²) in [5.74, 6) is 0.185. The Morgan fingerprint density at radius 3 is 2.21 bits per heavy atom. The van der Waals surface area contributed by atoms with E-state index in [9.17, 15) is 14.4 Å². The van der Waals surface area contributed by atoms with Crippen molar-refractivity contribution in [3.05, 3.63) is 0 Å². The highest BCUT2D eigenvalue weighted by atomic mass is 16.2. The van der Waals surface area contributed by atoms with Crippen LogP contribution in [0.4, 0.5) is 0 Å². The lowest BCUT2D eigenvalue weighted by molar-refractivity contribution is -0.142. The van der Waals surface area contributed by atoms with E-state index in [1.165, 1.54) is 0 Å². The van der Waals surface area contributed by atoms with Crippen LogP contribution in [-0.4, -0.2) is 29.0 Å². The molecular weight excluding hydrogens is 242 g/mol. The van der Waals surface area contributed by atoms with Gasteiger partial charge in [0.1, 0.15) is 0 Å². The van der Waals surface area contributed by atoms with E-state index in [1.54, 1.807) is 0 Å². The van der Waals surface area contributed by atoms with Crippen molar-refractivity contribution in [2.24, 2.45) is 11.3 Å². The van der Waals surface area contributed by atoms with Crippen LogP contribution in [-0.2, 0) is 14.4 Å². The van der Waals surface area contributed by atoms with Crippen molar-refractivity contribution in [2.75, 3.05) is 6.54 Å². The summed E-state index contributed by atoms with van der Waals surface area (Å²) in [6, 6.07) is 0. The number of rotatable bonds is 7. The van der Waals surface area contributed by atoms with Crippen molar-refractivity contribution in [3.8, 4) is 0 Å². The maximum Gasteiger partial charge on any atom is 0.230 e. The number of carbonyl (C=O) groups is 3. The Morgan fingerprint density at radius 2 is 1.74 bits per heavy atom. The van der Waals surface area contributed by atoms with Gasteiger partial charge in [0.25, 0.3) is 0 Å². The first-order valence-corrected chi connectivity index (χ1v) is 7.06. The van der Waals surface area contributed by atoms with Crippen molar-refractivity contribution in [2.45, 2.75) is 59.8 Å². The van der Waals surface area contributed by atoms with Crippen LogP contribution in [0.2, 0.25) is 0 Å². The molecule has 1 aliphatic rings. The second kappa shape index (κ2) is 6.31. The fourth-order valence-corrected chi connectivity index (χ4v) is 2.33. The molecule has 108 valence electrons. The van der Waals surface area contributed by atoms with Crippen LogP contribution in [0.25, 0.3) is 0 Å². The zero-order valence-corrected chi connectivity index (χ0v) is 12.5. The van der Waals surface area contributed by atoms with E-state index in [0.717, 1.165) is 17.7 Å². The third-order valence-electron chi connectivity index (χ3n) is 3.56. The Labute approximate surface area is 115 Å². The fourth-order valence-electron chi connectivity index (χ4n) is 2.33. The Bertz CT molecular complexity index is 356. The van der Waals surface area contributed by atoms with Crippen LogP contribution in [0.1, 0.15) is 59.8 Å². The predicted molar refractivity (Wildman–Crippen MR) is 73.4 cm³/mol. The van der Waals surface area contributed by atoms with Gasteiger partial charge in [0, 0.05) is 19.3 Å². The van der Waals surface area contributed by atoms with Gasteiger partial charge in [0.05, 0.1) is 6.54 Å². The lowest BCUT2D eigenvalue weighted by Crippen LogP contribution is -2.35. The van der Waals surface area contributed by atoms with Crippen molar-refractivity contribution in [1.29, 1.82) is 0 Å². The molecule has 0 bridgehead atoms. The van der Waals surface area contributed by atoms with Crippen molar-refractivity contribution < 1.29 is 14.4 Å². The first-order valence-electron chi connectivity index (χ1n) is 7.06. The number of hydrogen-bond acceptors (Lipinski definition) is 3. The molecule has 0 aromatic rings. The average molecular weight is 267 g/mol. The quantitative estimate of drug-likeness (QED) is 0.666. The summed E-state index contributed by atoms with van der Waals surface area (Å²) in [5, 5.41) is 0. The molecule has 1 saturated heterocycles. The Hall–Kier alpha value is -1.19. The highest BCUT2D eigenvalue weighted by Crippen LogP contribution is 2.29. The molecule has 1 aliphatic heterocycles. The smallest absolute Gasteiger partial charge is 0.230 e. The van der Waals surface area contributed by atoms with Crippen molar-refractivity contribution >= 4 is 17.6 Å². The van der Waals surface area contributed by atoms with E-state index < -0.39 is 0 Å². The van der Waals surface area contributed by atoms with Gasteiger partial charge in [0.2, 0.25) is 11.8 Å². The highest BCUT2D eigenvalue weighted by Gasteiger charge is 2.31. The van der Waals surface area contributed by atoms with Crippen LogP contribution in [0.15, 0.2) is 0 Å². The molecule has 2 amide bonds. The molecule has 0 unspecified atom stereocenters. The minimum atomic E-state index is -0.210. The highest BCUT2D eigenvalue weighted by molar-refractivity contribution is 6.04. The summed E-state index contributed by atoms with van der Waals surface area (Å²) >= 11 is 0. The number of likely N-dealkylation sites (tertiary alicyclic amines) is 1. The van der Waals surface area contributed by atoms with Crippen LogP contribution < -0.4 is 0 Å². The monoisotopic (exact) mass is 267 g/mol. The van der Waals surface area contributed by atoms with Gasteiger partial charge in [-0.3, -0.25) is 19.3 Å². The average Bonchev–Trinajstić information content (AvgIpc) is 2.57. The molecule has 0 spiro atoms. The van der Waals surface area contributed by atoms with Gasteiger partial charge in [-0.15, -0.1) is 0 Å². The van der Waals surface area contributed by atoms with Gasteiger partial charge in [-0.1, -0.05) is 34.1 Å². The van der Waals surface area contributed by atoms with Crippen LogP contribution >= 0.6 is 0 Å². The molecule has 4 heteroatoms. The summed E-state index contributed by atoms with van der Waals surface area (Å²) < 4.78 is 0. The second-order valence-corrected chi connectivity index (χ2v) is 6.69. The Kier molecular flexibility index (Phi) is 5.27. The Morgan fingerprint density at radius 1 is 1.21 bits per heavy atom. The third-order valence-corrected chi connectivity index (χ3v) is 3.56. The maximum absolute atomic E-state index is 12.0. The molecule has 0 radical (unpaired) electrons. The molecule has 0 aromatic heterocycles. The van der Waals surface area contributed by atoms with Crippen LogP contribution in [0.5, 0.6) is 0 Å². The van der Waals surface area contributed by atoms with Crippen LogP contribution in [0.3, 0.4) is 0 Å². The largest absolute Gasteiger partial charge is 0.298 e. The van der Waals surface area contributed by atoms with E-state index in [0.29, 0.717) is 12.3 Å². The standard InChI is InChI=1S/C15H25NO3/c1-11(2)7-8-15(3,4)9-12(17)10-16-13(18)5-6-14(16)19/h11H,5-10H2,1-4H3. The zero-order valence-electron chi connectivity index (χ0n) is 12.5. The number of imide groups is 1. The summed E-state index contributed by atoms with van der Waals surface area (Å²) in [6.07, 6.45) is 3.00.